The van der Waals surface area contributed by atoms with Crippen molar-refractivity contribution in [3.05, 3.63) is 64.1 Å². The molecular formula is C21H23Cl2N3O4. The van der Waals surface area contributed by atoms with Gasteiger partial charge in [-0.3, -0.25) is 25.2 Å². The Morgan fingerprint density at radius 1 is 0.867 bits per heavy atom. The topological polar surface area (TPSA) is 96.5 Å². The molecule has 3 N–H and O–H groups in total. The number of ether oxygens (including phenoxy) is 1. The third kappa shape index (κ3) is 9.15. The van der Waals surface area contributed by atoms with Crippen LogP contribution in [-0.2, 0) is 20.8 Å². The fourth-order valence-corrected chi connectivity index (χ4v) is 2.89. The quantitative estimate of drug-likeness (QED) is 0.382. The van der Waals surface area contributed by atoms with Gasteiger partial charge in [0, 0.05) is 24.4 Å². The summed E-state index contributed by atoms with van der Waals surface area (Å²) in [4.78, 5) is 35.3. The van der Waals surface area contributed by atoms with E-state index in [9.17, 15) is 14.4 Å². The summed E-state index contributed by atoms with van der Waals surface area (Å²) in [5.41, 5.74) is 5.54. The molecule has 0 saturated heterocycles. The molecule has 0 aliphatic rings. The van der Waals surface area contributed by atoms with E-state index in [-0.39, 0.29) is 44.2 Å². The van der Waals surface area contributed by atoms with E-state index in [2.05, 4.69) is 16.2 Å². The lowest BCUT2D eigenvalue weighted by Crippen LogP contribution is -2.42. The van der Waals surface area contributed by atoms with E-state index in [1.54, 1.807) is 18.2 Å². The van der Waals surface area contributed by atoms with Crippen LogP contribution in [0.4, 0.5) is 0 Å². The molecule has 0 aliphatic carbocycles. The van der Waals surface area contributed by atoms with E-state index < -0.39 is 5.91 Å². The van der Waals surface area contributed by atoms with Crippen molar-refractivity contribution in [2.24, 2.45) is 0 Å². The number of rotatable bonds is 10. The van der Waals surface area contributed by atoms with Crippen molar-refractivity contribution in [3.63, 3.8) is 0 Å². The number of halogens is 2. The highest BCUT2D eigenvalue weighted by Gasteiger charge is 2.08. The molecule has 3 amide bonds. The van der Waals surface area contributed by atoms with Gasteiger partial charge in [-0.15, -0.1) is 0 Å². The molecule has 0 heterocycles. The standard InChI is InChI=1S/C21H23Cl2N3O4/c22-16-8-9-18(17(23)14-16)30-12-4-7-19(27)25-26-20(28)10-11-24-21(29)13-15-5-2-1-3-6-15/h1-3,5-6,8-9,14H,4,7,10-13H2,(H,24,29)(H,25,27)(H,26,28). The average Bonchev–Trinajstić information content (AvgIpc) is 2.71. The van der Waals surface area contributed by atoms with Gasteiger partial charge in [-0.25, -0.2) is 0 Å². The largest absolute Gasteiger partial charge is 0.492 e. The molecule has 160 valence electrons. The Morgan fingerprint density at radius 2 is 1.57 bits per heavy atom. The number of hydrogen-bond donors (Lipinski definition) is 3. The van der Waals surface area contributed by atoms with Crippen LogP contribution in [0.25, 0.3) is 0 Å². The van der Waals surface area contributed by atoms with E-state index in [0.717, 1.165) is 5.56 Å². The fourth-order valence-electron chi connectivity index (χ4n) is 2.43. The lowest BCUT2D eigenvalue weighted by molar-refractivity contribution is -0.129. The molecular weight excluding hydrogens is 429 g/mol. The first-order valence-electron chi connectivity index (χ1n) is 9.40. The van der Waals surface area contributed by atoms with Crippen molar-refractivity contribution in [3.8, 4) is 5.75 Å². The number of nitrogens with one attached hydrogen (secondary N) is 3. The van der Waals surface area contributed by atoms with E-state index in [0.29, 0.717) is 22.2 Å². The third-order valence-electron chi connectivity index (χ3n) is 3.92. The molecule has 7 nitrogen and oxygen atoms in total. The molecule has 2 rings (SSSR count). The van der Waals surface area contributed by atoms with Crippen molar-refractivity contribution in [2.75, 3.05) is 13.2 Å². The number of hydrazine groups is 1. The molecule has 0 bridgehead atoms. The van der Waals surface area contributed by atoms with Crippen LogP contribution in [0.1, 0.15) is 24.8 Å². The zero-order valence-corrected chi connectivity index (χ0v) is 17.8. The predicted octanol–water partition coefficient (Wildman–Crippen LogP) is 3.05. The number of hydrogen-bond acceptors (Lipinski definition) is 4. The van der Waals surface area contributed by atoms with Crippen LogP contribution in [0.3, 0.4) is 0 Å². The Kier molecular flexibility index (Phi) is 9.97. The summed E-state index contributed by atoms with van der Waals surface area (Å²) < 4.78 is 5.49. The third-order valence-corrected chi connectivity index (χ3v) is 4.45. The number of carbonyl (C=O) groups is 3. The van der Waals surface area contributed by atoms with Crippen molar-refractivity contribution >= 4 is 40.9 Å². The van der Waals surface area contributed by atoms with Gasteiger partial charge >= 0.3 is 0 Å². The minimum Gasteiger partial charge on any atom is -0.492 e. The van der Waals surface area contributed by atoms with Crippen molar-refractivity contribution in [1.29, 1.82) is 0 Å². The summed E-state index contributed by atoms with van der Waals surface area (Å²) in [6.45, 7) is 0.471. The highest BCUT2D eigenvalue weighted by atomic mass is 35.5. The second-order valence-electron chi connectivity index (χ2n) is 6.39. The number of carbonyl (C=O) groups excluding carboxylic acids is 3. The van der Waals surface area contributed by atoms with Gasteiger partial charge < -0.3 is 10.1 Å². The number of amides is 3. The van der Waals surface area contributed by atoms with Gasteiger partial charge in [0.15, 0.2) is 0 Å². The molecule has 0 aliphatic heterocycles. The number of benzene rings is 2. The second-order valence-corrected chi connectivity index (χ2v) is 7.23. The maximum atomic E-state index is 11.8. The molecule has 0 fully saturated rings. The van der Waals surface area contributed by atoms with Gasteiger partial charge in [0.1, 0.15) is 5.75 Å². The van der Waals surface area contributed by atoms with Crippen LogP contribution in [0, 0.1) is 0 Å². The molecule has 0 aromatic heterocycles. The van der Waals surface area contributed by atoms with Crippen LogP contribution in [-0.4, -0.2) is 30.9 Å². The summed E-state index contributed by atoms with van der Waals surface area (Å²) in [6.07, 6.45) is 0.914. The summed E-state index contributed by atoms with van der Waals surface area (Å²) in [5.74, 6) is -0.419. The Labute approximate surface area is 185 Å². The minimum atomic E-state index is -0.396. The Morgan fingerprint density at radius 3 is 2.27 bits per heavy atom. The van der Waals surface area contributed by atoms with Crippen molar-refractivity contribution < 1.29 is 19.1 Å². The highest BCUT2D eigenvalue weighted by molar-refractivity contribution is 6.35. The van der Waals surface area contributed by atoms with E-state index in [1.807, 2.05) is 30.3 Å². The lowest BCUT2D eigenvalue weighted by Gasteiger charge is -2.10. The average molecular weight is 452 g/mol. The summed E-state index contributed by atoms with van der Waals surface area (Å²) in [5, 5.41) is 3.58. The van der Waals surface area contributed by atoms with Gasteiger partial charge in [-0.2, -0.15) is 0 Å². The smallest absolute Gasteiger partial charge is 0.240 e. The Balaban J connectivity index is 1.52. The minimum absolute atomic E-state index is 0.0546. The predicted molar refractivity (Wildman–Crippen MR) is 115 cm³/mol. The van der Waals surface area contributed by atoms with Crippen LogP contribution < -0.4 is 20.9 Å². The van der Waals surface area contributed by atoms with E-state index in [4.69, 9.17) is 27.9 Å². The van der Waals surface area contributed by atoms with Crippen LogP contribution in [0.15, 0.2) is 48.5 Å². The maximum absolute atomic E-state index is 11.8. The Bertz CT molecular complexity index is 863. The molecule has 0 unspecified atom stereocenters. The summed E-state index contributed by atoms with van der Waals surface area (Å²) >= 11 is 11.8. The normalized spacial score (nSPS) is 10.2. The molecule has 0 radical (unpaired) electrons. The molecule has 30 heavy (non-hydrogen) atoms. The van der Waals surface area contributed by atoms with Crippen molar-refractivity contribution in [2.45, 2.75) is 25.7 Å². The van der Waals surface area contributed by atoms with Crippen LogP contribution in [0.5, 0.6) is 5.75 Å². The maximum Gasteiger partial charge on any atom is 0.240 e. The van der Waals surface area contributed by atoms with E-state index >= 15 is 0 Å². The van der Waals surface area contributed by atoms with Crippen molar-refractivity contribution in [1.82, 2.24) is 16.2 Å². The molecule has 2 aromatic carbocycles. The van der Waals surface area contributed by atoms with Gasteiger partial charge in [0.25, 0.3) is 0 Å². The van der Waals surface area contributed by atoms with Gasteiger partial charge in [0.05, 0.1) is 18.1 Å². The van der Waals surface area contributed by atoms with E-state index in [1.165, 1.54) is 0 Å². The lowest BCUT2D eigenvalue weighted by atomic mass is 10.1. The highest BCUT2D eigenvalue weighted by Crippen LogP contribution is 2.27. The summed E-state index contributed by atoms with van der Waals surface area (Å²) in [7, 11) is 0. The first kappa shape index (κ1) is 23.5. The Hall–Kier alpha value is -2.77. The monoisotopic (exact) mass is 451 g/mol. The molecule has 2 aromatic rings. The van der Waals surface area contributed by atoms with Gasteiger partial charge in [-0.1, -0.05) is 53.5 Å². The SMILES string of the molecule is O=C(Cc1ccccc1)NCCC(=O)NNC(=O)CCCOc1ccc(Cl)cc1Cl. The zero-order valence-electron chi connectivity index (χ0n) is 16.3. The summed E-state index contributed by atoms with van der Waals surface area (Å²) in [6, 6.07) is 14.2. The molecule has 0 atom stereocenters. The van der Waals surface area contributed by atoms with Crippen LogP contribution in [0.2, 0.25) is 10.0 Å². The zero-order chi connectivity index (χ0) is 21.8. The first-order chi connectivity index (χ1) is 14.4. The van der Waals surface area contributed by atoms with Crippen LogP contribution >= 0.6 is 23.2 Å². The first-order valence-corrected chi connectivity index (χ1v) is 10.2. The fraction of sp³-hybridized carbons (Fsp3) is 0.286. The van der Waals surface area contributed by atoms with Gasteiger partial charge in [-0.05, 0) is 30.2 Å². The second kappa shape index (κ2) is 12.7. The van der Waals surface area contributed by atoms with Gasteiger partial charge in [0.2, 0.25) is 17.7 Å². The molecule has 0 saturated carbocycles. The molecule has 0 spiro atoms. The molecule has 9 heteroatoms.